The van der Waals surface area contributed by atoms with Gasteiger partial charge in [0, 0.05) is 6.42 Å². The molecule has 438 valence electrons. The number of rotatable bonds is 55. The first-order valence-corrected chi connectivity index (χ1v) is 32.0. The van der Waals surface area contributed by atoms with Gasteiger partial charge in [-0.3, -0.25) is 4.79 Å². The molecule has 9 heteroatoms. The van der Waals surface area contributed by atoms with E-state index in [1.54, 1.807) is 6.08 Å². The zero-order valence-electron chi connectivity index (χ0n) is 48.8. The van der Waals surface area contributed by atoms with Crippen molar-refractivity contribution in [1.29, 1.82) is 0 Å². The highest BCUT2D eigenvalue weighted by Gasteiger charge is 2.44. The number of hydrogen-bond donors (Lipinski definition) is 6. The van der Waals surface area contributed by atoms with Gasteiger partial charge in [-0.05, 0) is 70.6 Å². The molecule has 1 fully saturated rings. The first kappa shape index (κ1) is 70.9. The van der Waals surface area contributed by atoms with E-state index in [1.807, 2.05) is 6.08 Å². The molecule has 0 saturated carbocycles. The maximum absolute atomic E-state index is 13.1. The SMILES string of the molecule is CCCCCCC/C=C\C/C=C\C/C=C\CCCCCCCCCCCCC(=O)NC(COC1OC(CO)C(O)C(O)C1O)C(O)/C=C/CC/C=C/CCCCCCCCCCCCCCCCCCCCCCC. The summed E-state index contributed by atoms with van der Waals surface area (Å²) >= 11 is 0. The highest BCUT2D eigenvalue weighted by Crippen LogP contribution is 2.23. The van der Waals surface area contributed by atoms with Crippen LogP contribution < -0.4 is 5.32 Å². The Morgan fingerprint density at radius 1 is 0.453 bits per heavy atom. The Bertz CT molecular complexity index is 1360. The molecular formula is C66H121NO8. The molecular weight excluding hydrogens is 935 g/mol. The summed E-state index contributed by atoms with van der Waals surface area (Å²) in [4.78, 5) is 13.1. The minimum absolute atomic E-state index is 0.189. The molecule has 0 aliphatic carbocycles. The van der Waals surface area contributed by atoms with Crippen LogP contribution in [0.2, 0.25) is 0 Å². The largest absolute Gasteiger partial charge is 0.394 e. The summed E-state index contributed by atoms with van der Waals surface area (Å²) in [7, 11) is 0. The Kier molecular flexibility index (Phi) is 52.2. The molecule has 6 N–H and O–H groups in total. The third-order valence-corrected chi connectivity index (χ3v) is 15.1. The van der Waals surface area contributed by atoms with Gasteiger partial charge in [-0.1, -0.05) is 280 Å². The highest BCUT2D eigenvalue weighted by molar-refractivity contribution is 5.76. The number of aliphatic hydroxyl groups is 5. The summed E-state index contributed by atoms with van der Waals surface area (Å²) in [6.07, 6.45) is 68.7. The van der Waals surface area contributed by atoms with Gasteiger partial charge in [0.05, 0.1) is 25.4 Å². The molecule has 1 aliphatic heterocycles. The van der Waals surface area contributed by atoms with E-state index >= 15 is 0 Å². The van der Waals surface area contributed by atoms with Crippen LogP contribution in [-0.4, -0.2) is 87.5 Å². The third kappa shape index (κ3) is 44.4. The van der Waals surface area contributed by atoms with Crippen LogP contribution in [0.3, 0.4) is 0 Å². The van der Waals surface area contributed by atoms with Crippen LogP contribution in [0.5, 0.6) is 0 Å². The van der Waals surface area contributed by atoms with Crippen molar-refractivity contribution in [2.45, 2.75) is 339 Å². The lowest BCUT2D eigenvalue weighted by Crippen LogP contribution is -2.60. The molecule has 0 radical (unpaired) electrons. The van der Waals surface area contributed by atoms with Crippen molar-refractivity contribution >= 4 is 5.91 Å². The molecule has 1 rings (SSSR count). The monoisotopic (exact) mass is 1060 g/mol. The lowest BCUT2D eigenvalue weighted by atomic mass is 9.99. The number of ether oxygens (including phenoxy) is 2. The van der Waals surface area contributed by atoms with Crippen molar-refractivity contribution < 1.29 is 39.8 Å². The quantitative estimate of drug-likeness (QED) is 0.0261. The summed E-state index contributed by atoms with van der Waals surface area (Å²) in [5.74, 6) is -0.189. The van der Waals surface area contributed by atoms with Crippen molar-refractivity contribution in [3.05, 3.63) is 60.8 Å². The molecule has 0 aromatic heterocycles. The predicted octanol–water partition coefficient (Wildman–Crippen LogP) is 16.6. The second-order valence-corrected chi connectivity index (χ2v) is 22.2. The van der Waals surface area contributed by atoms with Crippen LogP contribution >= 0.6 is 0 Å². The Balaban J connectivity index is 2.21. The first-order chi connectivity index (χ1) is 36.8. The Labute approximate surface area is 462 Å². The topological polar surface area (TPSA) is 149 Å². The Hall–Kier alpha value is -2.11. The van der Waals surface area contributed by atoms with Crippen LogP contribution in [-0.2, 0) is 14.3 Å². The zero-order chi connectivity index (χ0) is 54.3. The minimum atomic E-state index is -1.58. The van der Waals surface area contributed by atoms with E-state index in [1.165, 1.54) is 225 Å². The fraction of sp³-hybridized carbons (Fsp3) is 0.833. The number of unbranched alkanes of at least 4 members (excludes halogenated alkanes) is 37. The van der Waals surface area contributed by atoms with E-state index < -0.39 is 49.5 Å². The molecule has 7 unspecified atom stereocenters. The molecule has 0 bridgehead atoms. The number of allylic oxidation sites excluding steroid dienone is 9. The molecule has 1 amide bonds. The number of aliphatic hydroxyl groups excluding tert-OH is 5. The fourth-order valence-corrected chi connectivity index (χ4v) is 10.0. The number of amides is 1. The standard InChI is InChI=1S/C66H121NO8/c1-3-5-7-9-11-13-15-17-19-21-23-25-27-29-30-32-33-35-37-39-41-43-45-47-49-51-53-55-60(69)59(58-74-66-65(73)64(72)63(71)61(57-68)75-66)67-62(70)56-54-52-50-48-46-44-42-40-38-36-34-31-28-26-24-22-20-18-16-14-12-10-8-6-4-2/h16,18,22,24,28,31,45,47,53,55,59-61,63-66,68-69,71-73H,3-15,17,19-21,23,25-27,29-30,32-44,46,48-52,54,56-58H2,1-2H3,(H,67,70)/b18-16-,24-22-,31-28-,47-45+,55-53+. The van der Waals surface area contributed by atoms with E-state index in [0.717, 1.165) is 51.4 Å². The first-order valence-electron chi connectivity index (χ1n) is 32.0. The predicted molar refractivity (Wildman–Crippen MR) is 318 cm³/mol. The van der Waals surface area contributed by atoms with Gasteiger partial charge >= 0.3 is 0 Å². The lowest BCUT2D eigenvalue weighted by molar-refractivity contribution is -0.302. The van der Waals surface area contributed by atoms with Crippen LogP contribution in [0, 0.1) is 0 Å². The molecule has 0 spiro atoms. The second-order valence-electron chi connectivity index (χ2n) is 22.2. The number of carbonyl (C=O) groups excluding carboxylic acids is 1. The average molecular weight is 1060 g/mol. The normalized spacial score (nSPS) is 19.3. The van der Waals surface area contributed by atoms with E-state index in [4.69, 9.17) is 9.47 Å². The molecule has 1 saturated heterocycles. The highest BCUT2D eigenvalue weighted by atomic mass is 16.7. The fourth-order valence-electron chi connectivity index (χ4n) is 10.0. The molecule has 75 heavy (non-hydrogen) atoms. The van der Waals surface area contributed by atoms with Gasteiger partial charge in [0.25, 0.3) is 0 Å². The van der Waals surface area contributed by atoms with Gasteiger partial charge in [-0.25, -0.2) is 0 Å². The molecule has 1 heterocycles. The molecule has 0 aromatic carbocycles. The second kappa shape index (κ2) is 55.2. The van der Waals surface area contributed by atoms with Gasteiger partial charge in [-0.2, -0.15) is 0 Å². The molecule has 7 atom stereocenters. The summed E-state index contributed by atoms with van der Waals surface area (Å²) in [6, 6.07) is -0.828. The van der Waals surface area contributed by atoms with Gasteiger partial charge in [-0.15, -0.1) is 0 Å². The van der Waals surface area contributed by atoms with Crippen molar-refractivity contribution in [1.82, 2.24) is 5.32 Å². The molecule has 1 aliphatic rings. The lowest BCUT2D eigenvalue weighted by Gasteiger charge is -2.40. The Morgan fingerprint density at radius 2 is 0.800 bits per heavy atom. The van der Waals surface area contributed by atoms with Crippen molar-refractivity contribution in [3.63, 3.8) is 0 Å². The van der Waals surface area contributed by atoms with Gasteiger partial charge in [0.15, 0.2) is 6.29 Å². The number of nitrogens with one attached hydrogen (secondary N) is 1. The maximum Gasteiger partial charge on any atom is 0.220 e. The summed E-state index contributed by atoms with van der Waals surface area (Å²) in [5.41, 5.74) is 0. The van der Waals surface area contributed by atoms with Gasteiger partial charge < -0.3 is 40.3 Å². The molecule has 9 nitrogen and oxygen atoms in total. The van der Waals surface area contributed by atoms with Crippen molar-refractivity contribution in [2.75, 3.05) is 13.2 Å². The van der Waals surface area contributed by atoms with Crippen LogP contribution in [0.15, 0.2) is 60.8 Å². The Morgan fingerprint density at radius 3 is 1.21 bits per heavy atom. The van der Waals surface area contributed by atoms with E-state index in [-0.39, 0.29) is 12.5 Å². The van der Waals surface area contributed by atoms with E-state index in [2.05, 4.69) is 67.8 Å². The van der Waals surface area contributed by atoms with Crippen LogP contribution in [0.4, 0.5) is 0 Å². The molecule has 0 aromatic rings. The van der Waals surface area contributed by atoms with Gasteiger partial charge in [0.2, 0.25) is 5.91 Å². The summed E-state index contributed by atoms with van der Waals surface area (Å²) in [5, 5.41) is 54.6. The third-order valence-electron chi connectivity index (χ3n) is 15.1. The number of carbonyl (C=O) groups is 1. The smallest absolute Gasteiger partial charge is 0.220 e. The van der Waals surface area contributed by atoms with Gasteiger partial charge in [0.1, 0.15) is 24.4 Å². The zero-order valence-corrected chi connectivity index (χ0v) is 48.8. The number of hydrogen-bond acceptors (Lipinski definition) is 8. The van der Waals surface area contributed by atoms with Crippen LogP contribution in [0.25, 0.3) is 0 Å². The van der Waals surface area contributed by atoms with Crippen molar-refractivity contribution in [3.8, 4) is 0 Å². The summed E-state index contributed by atoms with van der Waals surface area (Å²) in [6.45, 7) is 3.78. The van der Waals surface area contributed by atoms with Crippen LogP contribution in [0.1, 0.15) is 296 Å². The maximum atomic E-state index is 13.1. The minimum Gasteiger partial charge on any atom is -0.394 e. The van der Waals surface area contributed by atoms with E-state index in [0.29, 0.717) is 6.42 Å². The average Bonchev–Trinajstić information content (AvgIpc) is 3.41. The summed E-state index contributed by atoms with van der Waals surface area (Å²) < 4.78 is 11.3. The van der Waals surface area contributed by atoms with E-state index in [9.17, 15) is 30.3 Å². The van der Waals surface area contributed by atoms with Crippen molar-refractivity contribution in [2.24, 2.45) is 0 Å².